The Balaban J connectivity index is 0.743. The van der Waals surface area contributed by atoms with Crippen molar-refractivity contribution in [2.24, 2.45) is 0 Å². The average Bonchev–Trinajstić information content (AvgIpc) is 3.20. The monoisotopic (exact) mass is 1070 g/mol. The summed E-state index contributed by atoms with van der Waals surface area (Å²) in [5.74, 6) is 0. The normalized spacial score (nSPS) is 14.1. The van der Waals surface area contributed by atoms with Gasteiger partial charge in [0.05, 0.1) is 0 Å². The number of fused-ring (bicyclic) bond motifs is 9. The molecular formula is C78H70N2S. The van der Waals surface area contributed by atoms with E-state index in [1.165, 1.54) is 109 Å². The maximum Gasteiger partial charge on any atom is 0.0465 e. The van der Waals surface area contributed by atoms with Gasteiger partial charge in [-0.15, -0.1) is 11.3 Å². The summed E-state index contributed by atoms with van der Waals surface area (Å²) >= 11 is 1.87. The molecule has 0 radical (unpaired) electrons. The summed E-state index contributed by atoms with van der Waals surface area (Å²) in [5.41, 5.74) is 24.9. The molecule has 0 spiro atoms. The van der Waals surface area contributed by atoms with E-state index in [2.05, 4.69) is 322 Å². The molecule has 0 aliphatic heterocycles. The Bertz CT molecular complexity index is 3990. The number of nitrogens with zero attached hydrogens (tertiary/aromatic N) is 2. The van der Waals surface area contributed by atoms with Crippen molar-refractivity contribution in [3.05, 3.63) is 274 Å². The van der Waals surface area contributed by atoms with E-state index < -0.39 is 0 Å². The van der Waals surface area contributed by atoms with Gasteiger partial charge >= 0.3 is 0 Å². The SMILES string of the molecule is CC(C)(C)c1ccc(N(c2ccccc2)c2ccc3c(c2)C(C)(C)c2cc(C=Cc4ccc5sc6ccc(C=Cc7ccc8c(c7)C(C)(C)c7cc(N(c9ccccc9)c9ccc(C(C)(C)C)cc9)ccc7-8)cc6c5c4)ccc2-3)cc1. The number of hydrogen-bond donors (Lipinski definition) is 0. The second-order valence-electron chi connectivity index (χ2n) is 25.5. The van der Waals surface area contributed by atoms with Gasteiger partial charge in [-0.2, -0.15) is 0 Å². The molecule has 3 heteroatoms. The Morgan fingerprint density at radius 1 is 0.309 bits per heavy atom. The fourth-order valence-corrected chi connectivity index (χ4v) is 13.7. The van der Waals surface area contributed by atoms with Gasteiger partial charge < -0.3 is 9.80 Å². The van der Waals surface area contributed by atoms with Crippen LogP contribution in [0.3, 0.4) is 0 Å². The molecule has 81 heavy (non-hydrogen) atoms. The van der Waals surface area contributed by atoms with Crippen molar-refractivity contribution in [1.82, 2.24) is 0 Å². The molecule has 11 aromatic rings. The van der Waals surface area contributed by atoms with Crippen molar-refractivity contribution in [2.45, 2.75) is 90.9 Å². The zero-order chi connectivity index (χ0) is 56.0. The Morgan fingerprint density at radius 3 is 0.963 bits per heavy atom. The quantitative estimate of drug-likeness (QED) is 0.126. The highest BCUT2D eigenvalue weighted by molar-refractivity contribution is 7.25. The molecule has 0 unspecified atom stereocenters. The zero-order valence-corrected chi connectivity index (χ0v) is 49.2. The van der Waals surface area contributed by atoms with Gasteiger partial charge in [0, 0.05) is 65.1 Å². The Labute approximate surface area is 484 Å². The number of hydrogen-bond acceptors (Lipinski definition) is 3. The first-order valence-corrected chi connectivity index (χ1v) is 29.5. The first-order valence-electron chi connectivity index (χ1n) is 28.7. The van der Waals surface area contributed by atoms with Crippen molar-refractivity contribution in [1.29, 1.82) is 0 Å². The average molecular weight is 1070 g/mol. The lowest BCUT2D eigenvalue weighted by Gasteiger charge is -2.29. The minimum absolute atomic E-state index is 0.0879. The van der Waals surface area contributed by atoms with E-state index in [9.17, 15) is 0 Å². The fraction of sp³-hybridized carbons (Fsp3) is 0.179. The van der Waals surface area contributed by atoms with Crippen molar-refractivity contribution in [2.75, 3.05) is 9.80 Å². The van der Waals surface area contributed by atoms with Gasteiger partial charge in [-0.3, -0.25) is 0 Å². The highest BCUT2D eigenvalue weighted by atomic mass is 32.1. The van der Waals surface area contributed by atoms with Crippen molar-refractivity contribution >= 4 is 89.9 Å². The fourth-order valence-electron chi connectivity index (χ4n) is 12.6. The Morgan fingerprint density at radius 2 is 0.605 bits per heavy atom. The molecule has 0 N–H and O–H groups in total. The summed E-state index contributed by atoms with van der Waals surface area (Å²) in [6.07, 6.45) is 9.14. The molecular weight excluding hydrogens is 997 g/mol. The predicted molar refractivity (Wildman–Crippen MR) is 352 cm³/mol. The van der Waals surface area contributed by atoms with Crippen LogP contribution < -0.4 is 9.80 Å². The van der Waals surface area contributed by atoms with Crippen molar-refractivity contribution in [3.8, 4) is 22.3 Å². The van der Waals surface area contributed by atoms with Crippen LogP contribution >= 0.6 is 11.3 Å². The van der Waals surface area contributed by atoms with Crippen LogP contribution in [-0.4, -0.2) is 0 Å². The van der Waals surface area contributed by atoms with Gasteiger partial charge in [-0.25, -0.2) is 0 Å². The first-order chi connectivity index (χ1) is 38.9. The van der Waals surface area contributed by atoms with Gasteiger partial charge in [0.15, 0.2) is 0 Å². The Kier molecular flexibility index (Phi) is 12.6. The minimum atomic E-state index is -0.177. The molecule has 0 saturated heterocycles. The lowest BCUT2D eigenvalue weighted by molar-refractivity contribution is 0.590. The molecule has 0 bridgehead atoms. The number of para-hydroxylation sites is 2. The van der Waals surface area contributed by atoms with E-state index in [4.69, 9.17) is 0 Å². The maximum absolute atomic E-state index is 2.42. The minimum Gasteiger partial charge on any atom is -0.310 e. The third-order valence-electron chi connectivity index (χ3n) is 17.3. The predicted octanol–water partition coefficient (Wildman–Crippen LogP) is 22.5. The van der Waals surface area contributed by atoms with Crippen LogP contribution in [0.25, 0.3) is 66.7 Å². The summed E-state index contributed by atoms with van der Waals surface area (Å²) < 4.78 is 2.61. The van der Waals surface area contributed by atoms with Crippen LogP contribution in [0.15, 0.2) is 218 Å². The summed E-state index contributed by atoms with van der Waals surface area (Å²) in [4.78, 5) is 4.78. The molecule has 0 amide bonds. The second kappa shape index (κ2) is 19.6. The molecule has 0 fully saturated rings. The zero-order valence-electron chi connectivity index (χ0n) is 48.4. The summed E-state index contributed by atoms with van der Waals surface area (Å²) in [7, 11) is 0. The van der Waals surface area contributed by atoms with Crippen molar-refractivity contribution in [3.63, 3.8) is 0 Å². The molecule has 2 nitrogen and oxygen atoms in total. The van der Waals surface area contributed by atoms with Crippen LogP contribution in [0.5, 0.6) is 0 Å². The van der Waals surface area contributed by atoms with E-state index in [0.717, 1.165) is 22.7 Å². The molecule has 2 aliphatic carbocycles. The van der Waals surface area contributed by atoms with Gasteiger partial charge in [-0.05, 0) is 186 Å². The molecule has 1 aromatic heterocycles. The molecule has 0 saturated carbocycles. The van der Waals surface area contributed by atoms with E-state index in [1.807, 2.05) is 11.3 Å². The van der Waals surface area contributed by atoms with E-state index in [0.29, 0.717) is 0 Å². The van der Waals surface area contributed by atoms with Gasteiger partial charge in [0.2, 0.25) is 0 Å². The van der Waals surface area contributed by atoms with Crippen LogP contribution in [0.2, 0.25) is 0 Å². The van der Waals surface area contributed by atoms with E-state index >= 15 is 0 Å². The summed E-state index contributed by atoms with van der Waals surface area (Å²) in [6, 6.07) is 81.7. The maximum atomic E-state index is 2.42. The van der Waals surface area contributed by atoms with E-state index in [-0.39, 0.29) is 21.7 Å². The van der Waals surface area contributed by atoms with Crippen molar-refractivity contribution < 1.29 is 0 Å². The molecule has 1 heterocycles. The van der Waals surface area contributed by atoms with E-state index in [1.54, 1.807) is 0 Å². The number of rotatable bonds is 10. The highest BCUT2D eigenvalue weighted by Crippen LogP contribution is 2.53. The smallest absolute Gasteiger partial charge is 0.0465 e. The van der Waals surface area contributed by atoms with Gasteiger partial charge in [-0.1, -0.05) is 215 Å². The van der Waals surface area contributed by atoms with Crippen LogP contribution in [0.1, 0.15) is 125 Å². The molecule has 10 aromatic carbocycles. The molecule has 0 atom stereocenters. The summed E-state index contributed by atoms with van der Waals surface area (Å²) in [6.45, 7) is 23.2. The molecule has 398 valence electrons. The number of thiophene rings is 1. The van der Waals surface area contributed by atoms with Gasteiger partial charge in [0.25, 0.3) is 0 Å². The largest absolute Gasteiger partial charge is 0.310 e. The van der Waals surface area contributed by atoms with Gasteiger partial charge in [0.1, 0.15) is 0 Å². The standard InChI is InChI=1S/C78H70N2S/c1-75(2,3)55-29-33-59(34-30-55)79(57-17-13-11-14-18-57)61-37-41-65-63-39-25-53(47-69(63)77(7,8)71(65)49-61)23-21-51-27-43-73-67(45-51)68-46-52(28-44-74(68)81-73)22-24-54-26-40-64-66-42-38-62(50-72(66)78(9,10)70(64)48-54)80(58-19-15-12-16-20-58)60-35-31-56(32-36-60)76(4,5)6/h11-50H,1-10H3. The third kappa shape index (κ3) is 9.42. The molecule has 13 rings (SSSR count). The highest BCUT2D eigenvalue weighted by Gasteiger charge is 2.38. The van der Waals surface area contributed by atoms with Crippen LogP contribution in [-0.2, 0) is 21.7 Å². The Hall–Kier alpha value is -8.50. The number of anilines is 6. The third-order valence-corrected chi connectivity index (χ3v) is 18.5. The lowest BCUT2D eigenvalue weighted by Crippen LogP contribution is -2.17. The lowest BCUT2D eigenvalue weighted by atomic mass is 9.81. The van der Waals surface area contributed by atoms with Crippen LogP contribution in [0, 0.1) is 0 Å². The first kappa shape index (κ1) is 51.9. The second-order valence-corrected chi connectivity index (χ2v) is 26.6. The molecule has 2 aliphatic rings. The number of benzene rings is 10. The topological polar surface area (TPSA) is 6.48 Å². The summed E-state index contributed by atoms with van der Waals surface area (Å²) in [5, 5.41) is 2.60. The van der Waals surface area contributed by atoms with Crippen LogP contribution in [0.4, 0.5) is 34.1 Å².